The Kier molecular flexibility index (Phi) is 6.17. The van der Waals surface area contributed by atoms with Gasteiger partial charge in [-0.05, 0) is 28.7 Å². The highest BCUT2D eigenvalue weighted by Crippen LogP contribution is 2.21. The van der Waals surface area contributed by atoms with Gasteiger partial charge in [0, 0.05) is 11.8 Å². The van der Waals surface area contributed by atoms with E-state index in [0.717, 1.165) is 17.0 Å². The van der Waals surface area contributed by atoms with Gasteiger partial charge in [-0.1, -0.05) is 51.1 Å². The van der Waals surface area contributed by atoms with Gasteiger partial charge in [-0.15, -0.1) is 0 Å². The van der Waals surface area contributed by atoms with Gasteiger partial charge in [-0.25, -0.2) is 5.43 Å². The first kappa shape index (κ1) is 18.5. The number of carbonyl (C=O) groups is 1. The molecule has 2 N–H and O–H groups in total. The smallest absolute Gasteiger partial charge is 0.259 e. The Morgan fingerprint density at radius 2 is 1.88 bits per heavy atom. The Bertz CT molecular complexity index is 731. The number of carbonyl (C=O) groups excluding carboxylic acids is 1. The third-order valence-electron chi connectivity index (χ3n) is 3.70. The first-order valence-corrected chi connectivity index (χ1v) is 8.19. The molecule has 0 radical (unpaired) electrons. The molecule has 0 aliphatic rings. The summed E-state index contributed by atoms with van der Waals surface area (Å²) in [5.74, 6) is 0.521. The van der Waals surface area contributed by atoms with Crippen LogP contribution < -0.4 is 15.5 Å². The van der Waals surface area contributed by atoms with Crippen molar-refractivity contribution in [1.29, 1.82) is 0 Å². The van der Waals surface area contributed by atoms with E-state index in [1.807, 2.05) is 36.4 Å². The lowest BCUT2D eigenvalue weighted by Gasteiger charge is -2.18. The van der Waals surface area contributed by atoms with Gasteiger partial charge in [0.05, 0.1) is 19.9 Å². The largest absolute Gasteiger partial charge is 0.497 e. The average Bonchev–Trinajstić information content (AvgIpc) is 2.60. The third kappa shape index (κ3) is 5.95. The fraction of sp³-hybridized carbons (Fsp3) is 0.300. The van der Waals surface area contributed by atoms with E-state index in [9.17, 15) is 4.79 Å². The van der Waals surface area contributed by atoms with Gasteiger partial charge in [-0.3, -0.25) is 4.79 Å². The van der Waals surface area contributed by atoms with Crippen LogP contribution in [0.4, 0.5) is 5.69 Å². The molecule has 0 saturated carbocycles. The van der Waals surface area contributed by atoms with Gasteiger partial charge in [0.25, 0.3) is 5.91 Å². The lowest BCUT2D eigenvalue weighted by Crippen LogP contribution is -2.25. The van der Waals surface area contributed by atoms with Gasteiger partial charge in [0.15, 0.2) is 0 Å². The number of methoxy groups -OCH3 is 1. The van der Waals surface area contributed by atoms with Crippen LogP contribution in [0.25, 0.3) is 0 Å². The van der Waals surface area contributed by atoms with Crippen molar-refractivity contribution >= 4 is 17.8 Å². The van der Waals surface area contributed by atoms with Gasteiger partial charge >= 0.3 is 0 Å². The average molecular weight is 339 g/mol. The summed E-state index contributed by atoms with van der Waals surface area (Å²) in [6, 6.07) is 15.5. The van der Waals surface area contributed by atoms with Crippen LogP contribution in [-0.4, -0.2) is 25.8 Å². The number of amides is 1. The molecule has 5 nitrogen and oxygen atoms in total. The number of rotatable bonds is 6. The number of anilines is 1. The molecule has 0 spiro atoms. The minimum absolute atomic E-state index is 0.121. The number of hydrazone groups is 1. The van der Waals surface area contributed by atoms with Crippen molar-refractivity contribution in [2.45, 2.75) is 26.2 Å². The Morgan fingerprint density at radius 1 is 1.16 bits per heavy atom. The number of nitrogens with zero attached hydrogens (tertiary/aromatic N) is 1. The minimum atomic E-state index is -0.217. The molecule has 0 atom stereocenters. The van der Waals surface area contributed by atoms with Gasteiger partial charge in [0.1, 0.15) is 5.75 Å². The van der Waals surface area contributed by atoms with E-state index in [1.165, 1.54) is 5.56 Å². The Labute approximate surface area is 149 Å². The van der Waals surface area contributed by atoms with E-state index in [-0.39, 0.29) is 17.9 Å². The van der Waals surface area contributed by atoms with E-state index in [0.29, 0.717) is 0 Å². The molecule has 2 rings (SSSR count). The second kappa shape index (κ2) is 8.33. The Morgan fingerprint density at radius 3 is 2.52 bits per heavy atom. The molecular weight excluding hydrogens is 314 g/mol. The standard InChI is InChI=1S/C20H25N3O2/c1-20(2,3)16-10-8-15(9-11-16)13-22-23-19(24)14-21-17-6-5-7-18(12-17)25-4/h5-13,21H,14H2,1-4H3,(H,23,24)/b22-13-. The summed E-state index contributed by atoms with van der Waals surface area (Å²) in [5, 5.41) is 7.02. The van der Waals surface area contributed by atoms with E-state index in [2.05, 4.69) is 48.7 Å². The van der Waals surface area contributed by atoms with Crippen molar-refractivity contribution in [2.24, 2.45) is 5.10 Å². The molecule has 0 saturated heterocycles. The maximum Gasteiger partial charge on any atom is 0.259 e. The van der Waals surface area contributed by atoms with E-state index in [4.69, 9.17) is 4.74 Å². The van der Waals surface area contributed by atoms with E-state index >= 15 is 0 Å². The van der Waals surface area contributed by atoms with Crippen LogP contribution >= 0.6 is 0 Å². The van der Waals surface area contributed by atoms with Crippen molar-refractivity contribution < 1.29 is 9.53 Å². The number of benzene rings is 2. The molecule has 132 valence electrons. The second-order valence-electron chi connectivity index (χ2n) is 6.75. The molecule has 2 aromatic carbocycles. The fourth-order valence-electron chi connectivity index (χ4n) is 2.20. The molecule has 0 bridgehead atoms. The maximum absolute atomic E-state index is 11.8. The molecule has 1 amide bonds. The Balaban J connectivity index is 1.82. The second-order valence-corrected chi connectivity index (χ2v) is 6.75. The summed E-state index contributed by atoms with van der Waals surface area (Å²) >= 11 is 0. The summed E-state index contributed by atoms with van der Waals surface area (Å²) in [4.78, 5) is 11.8. The zero-order valence-corrected chi connectivity index (χ0v) is 15.2. The van der Waals surface area contributed by atoms with Crippen LogP contribution in [0.1, 0.15) is 31.9 Å². The molecule has 0 aromatic heterocycles. The summed E-state index contributed by atoms with van der Waals surface area (Å²) in [6.07, 6.45) is 1.63. The molecule has 0 aliphatic carbocycles. The maximum atomic E-state index is 11.8. The van der Waals surface area contributed by atoms with Crippen LogP contribution in [0.5, 0.6) is 5.75 Å². The first-order chi connectivity index (χ1) is 11.9. The SMILES string of the molecule is COc1cccc(NCC(=O)N/N=C\c2ccc(C(C)(C)C)cc2)c1. The molecule has 0 aliphatic heterocycles. The predicted octanol–water partition coefficient (Wildman–Crippen LogP) is 3.55. The number of ether oxygens (including phenoxy) is 1. The van der Waals surface area contributed by atoms with Gasteiger partial charge in [0.2, 0.25) is 0 Å². The van der Waals surface area contributed by atoms with Crippen molar-refractivity contribution in [3.63, 3.8) is 0 Å². The highest BCUT2D eigenvalue weighted by molar-refractivity contribution is 5.84. The van der Waals surface area contributed by atoms with Crippen molar-refractivity contribution in [3.8, 4) is 5.75 Å². The van der Waals surface area contributed by atoms with Crippen molar-refractivity contribution in [1.82, 2.24) is 5.43 Å². The highest BCUT2D eigenvalue weighted by atomic mass is 16.5. The van der Waals surface area contributed by atoms with Crippen LogP contribution in [0.3, 0.4) is 0 Å². The summed E-state index contributed by atoms with van der Waals surface area (Å²) < 4.78 is 5.14. The fourth-order valence-corrected chi connectivity index (χ4v) is 2.20. The van der Waals surface area contributed by atoms with Crippen molar-refractivity contribution in [2.75, 3.05) is 19.0 Å². The monoisotopic (exact) mass is 339 g/mol. The quantitative estimate of drug-likeness (QED) is 0.625. The predicted molar refractivity (Wildman–Crippen MR) is 102 cm³/mol. The summed E-state index contributed by atoms with van der Waals surface area (Å²) in [6.45, 7) is 6.65. The van der Waals surface area contributed by atoms with Gasteiger partial charge in [-0.2, -0.15) is 5.10 Å². The topological polar surface area (TPSA) is 62.7 Å². The summed E-state index contributed by atoms with van der Waals surface area (Å²) in [5.41, 5.74) is 5.65. The zero-order valence-electron chi connectivity index (χ0n) is 15.2. The molecular formula is C20H25N3O2. The van der Waals surface area contributed by atoms with Crippen LogP contribution in [0, 0.1) is 0 Å². The zero-order chi connectivity index (χ0) is 18.3. The molecule has 0 unspecified atom stereocenters. The molecule has 0 heterocycles. The third-order valence-corrected chi connectivity index (χ3v) is 3.70. The molecule has 5 heteroatoms. The van der Waals surface area contributed by atoms with Crippen LogP contribution in [-0.2, 0) is 10.2 Å². The van der Waals surface area contributed by atoms with E-state index < -0.39 is 0 Å². The van der Waals surface area contributed by atoms with Gasteiger partial charge < -0.3 is 10.1 Å². The number of hydrogen-bond acceptors (Lipinski definition) is 4. The number of hydrogen-bond donors (Lipinski definition) is 2. The van der Waals surface area contributed by atoms with Crippen LogP contribution in [0.15, 0.2) is 53.6 Å². The molecule has 25 heavy (non-hydrogen) atoms. The lowest BCUT2D eigenvalue weighted by molar-refractivity contribution is -0.119. The molecule has 2 aromatic rings. The van der Waals surface area contributed by atoms with Crippen LogP contribution in [0.2, 0.25) is 0 Å². The summed E-state index contributed by atoms with van der Waals surface area (Å²) in [7, 11) is 1.61. The highest BCUT2D eigenvalue weighted by Gasteiger charge is 2.12. The molecule has 0 fully saturated rings. The first-order valence-electron chi connectivity index (χ1n) is 8.19. The Hall–Kier alpha value is -2.82. The lowest BCUT2D eigenvalue weighted by atomic mass is 9.87. The number of nitrogens with one attached hydrogen (secondary N) is 2. The minimum Gasteiger partial charge on any atom is -0.497 e. The van der Waals surface area contributed by atoms with E-state index in [1.54, 1.807) is 13.3 Å². The van der Waals surface area contributed by atoms with Crippen molar-refractivity contribution in [3.05, 3.63) is 59.7 Å². The normalized spacial score (nSPS) is 11.4.